The number of anilines is 1. The van der Waals surface area contributed by atoms with E-state index in [9.17, 15) is 8.78 Å². The zero-order valence-corrected chi connectivity index (χ0v) is 8.13. The van der Waals surface area contributed by atoms with E-state index in [2.05, 4.69) is 5.32 Å². The van der Waals surface area contributed by atoms with Gasteiger partial charge in [-0.3, -0.25) is 0 Å². The third kappa shape index (κ3) is 2.81. The van der Waals surface area contributed by atoms with Crippen molar-refractivity contribution in [3.63, 3.8) is 0 Å². The Morgan fingerprint density at radius 3 is 2.80 bits per heavy atom. The molecule has 0 aliphatic rings. The second kappa shape index (κ2) is 5.15. The van der Waals surface area contributed by atoms with E-state index in [1.807, 2.05) is 6.07 Å². The van der Waals surface area contributed by atoms with Gasteiger partial charge >= 0.3 is 0 Å². The lowest BCUT2D eigenvalue weighted by molar-refractivity contribution is 0.163. The maximum absolute atomic E-state index is 12.0. The highest BCUT2D eigenvalue weighted by molar-refractivity contribution is 5.66. The smallest absolute Gasteiger partial charge is 0.255 e. The Bertz CT molecular complexity index is 374. The summed E-state index contributed by atoms with van der Waals surface area (Å²) in [7, 11) is 1.42. The minimum Gasteiger partial charge on any atom is -0.495 e. The maximum Gasteiger partial charge on any atom is 0.255 e. The van der Waals surface area contributed by atoms with Crippen LogP contribution < -0.4 is 10.1 Å². The van der Waals surface area contributed by atoms with Crippen LogP contribution in [0.3, 0.4) is 0 Å². The molecule has 0 aliphatic carbocycles. The largest absolute Gasteiger partial charge is 0.495 e. The maximum atomic E-state index is 12.0. The summed E-state index contributed by atoms with van der Waals surface area (Å²) >= 11 is 0. The molecule has 15 heavy (non-hydrogen) atoms. The molecule has 0 heterocycles. The van der Waals surface area contributed by atoms with Crippen LogP contribution >= 0.6 is 0 Å². The van der Waals surface area contributed by atoms with Crippen LogP contribution in [-0.4, -0.2) is 20.1 Å². The molecular weight excluding hydrogens is 202 g/mol. The van der Waals surface area contributed by atoms with Crippen molar-refractivity contribution in [3.8, 4) is 11.8 Å². The van der Waals surface area contributed by atoms with E-state index in [0.29, 0.717) is 11.4 Å². The molecular formula is C10H10F2N2O. The summed E-state index contributed by atoms with van der Waals surface area (Å²) in [6.45, 7) is -0.505. The van der Waals surface area contributed by atoms with Crippen molar-refractivity contribution in [3.05, 3.63) is 23.8 Å². The Hall–Kier alpha value is -1.83. The predicted octanol–water partition coefficient (Wildman–Crippen LogP) is 2.24. The van der Waals surface area contributed by atoms with E-state index in [1.165, 1.54) is 13.2 Å². The van der Waals surface area contributed by atoms with Gasteiger partial charge in [0.15, 0.2) is 0 Å². The van der Waals surface area contributed by atoms with Crippen LogP contribution in [0, 0.1) is 11.3 Å². The fourth-order valence-corrected chi connectivity index (χ4v) is 1.16. The molecule has 5 heteroatoms. The number of hydrogen-bond acceptors (Lipinski definition) is 3. The Kier molecular flexibility index (Phi) is 3.86. The highest BCUT2D eigenvalue weighted by Crippen LogP contribution is 2.27. The van der Waals surface area contributed by atoms with Crippen LogP contribution in [0.2, 0.25) is 0 Å². The lowest BCUT2D eigenvalue weighted by Gasteiger charge is -2.11. The lowest BCUT2D eigenvalue weighted by Crippen LogP contribution is -2.12. The Balaban J connectivity index is 2.96. The first-order valence-electron chi connectivity index (χ1n) is 4.28. The highest BCUT2D eigenvalue weighted by atomic mass is 19.3. The van der Waals surface area contributed by atoms with Gasteiger partial charge in [-0.2, -0.15) is 5.26 Å². The summed E-state index contributed by atoms with van der Waals surface area (Å²) in [6, 6.07) is 6.68. The number of benzene rings is 1. The van der Waals surface area contributed by atoms with Crippen molar-refractivity contribution in [1.82, 2.24) is 0 Å². The van der Waals surface area contributed by atoms with Gasteiger partial charge in [0, 0.05) is 0 Å². The number of rotatable bonds is 4. The van der Waals surface area contributed by atoms with Crippen LogP contribution in [0.15, 0.2) is 18.2 Å². The molecule has 1 N–H and O–H groups in total. The van der Waals surface area contributed by atoms with E-state index in [1.54, 1.807) is 12.1 Å². The minimum atomic E-state index is -2.47. The average molecular weight is 212 g/mol. The monoisotopic (exact) mass is 212 g/mol. The average Bonchev–Trinajstić information content (AvgIpc) is 2.25. The third-order valence-electron chi connectivity index (χ3n) is 1.80. The number of halogens is 2. The molecule has 0 aliphatic heterocycles. The quantitative estimate of drug-likeness (QED) is 0.832. The molecule has 1 aromatic rings. The van der Waals surface area contributed by atoms with Crippen molar-refractivity contribution in [2.24, 2.45) is 0 Å². The molecule has 0 amide bonds. The number of nitrogens with zero attached hydrogens (tertiary/aromatic N) is 1. The van der Waals surface area contributed by atoms with Crippen molar-refractivity contribution in [1.29, 1.82) is 5.26 Å². The van der Waals surface area contributed by atoms with Gasteiger partial charge in [-0.25, -0.2) is 8.78 Å². The first-order valence-corrected chi connectivity index (χ1v) is 4.28. The normalized spacial score (nSPS) is 9.80. The molecule has 0 spiro atoms. The van der Waals surface area contributed by atoms with Crippen LogP contribution in [0.1, 0.15) is 5.56 Å². The van der Waals surface area contributed by atoms with Gasteiger partial charge in [0.2, 0.25) is 0 Å². The van der Waals surface area contributed by atoms with E-state index in [-0.39, 0.29) is 5.56 Å². The molecule has 0 saturated heterocycles. The number of alkyl halides is 2. The number of ether oxygens (including phenoxy) is 1. The van der Waals surface area contributed by atoms with Gasteiger partial charge in [0.1, 0.15) is 11.8 Å². The highest BCUT2D eigenvalue weighted by Gasteiger charge is 2.10. The minimum absolute atomic E-state index is 0.287. The molecule has 0 saturated carbocycles. The fourth-order valence-electron chi connectivity index (χ4n) is 1.16. The molecule has 1 rings (SSSR count). The third-order valence-corrected chi connectivity index (χ3v) is 1.80. The van der Waals surface area contributed by atoms with E-state index < -0.39 is 13.0 Å². The number of para-hydroxylation sites is 1. The molecule has 0 radical (unpaired) electrons. The first-order chi connectivity index (χ1) is 7.19. The van der Waals surface area contributed by atoms with Crippen molar-refractivity contribution >= 4 is 5.69 Å². The van der Waals surface area contributed by atoms with Crippen LogP contribution in [0.5, 0.6) is 5.75 Å². The summed E-state index contributed by atoms with van der Waals surface area (Å²) in [5, 5.41) is 11.3. The number of nitrogens with one attached hydrogen (secondary N) is 1. The van der Waals surface area contributed by atoms with Gasteiger partial charge < -0.3 is 10.1 Å². The number of hydrogen-bond donors (Lipinski definition) is 1. The molecule has 0 unspecified atom stereocenters. The summed E-state index contributed by atoms with van der Waals surface area (Å²) in [5.41, 5.74) is 0.595. The van der Waals surface area contributed by atoms with Crippen molar-refractivity contribution in [2.45, 2.75) is 6.43 Å². The second-order valence-corrected chi connectivity index (χ2v) is 2.77. The predicted molar refractivity (Wildman–Crippen MR) is 52.2 cm³/mol. The summed E-state index contributed by atoms with van der Waals surface area (Å²) in [5.74, 6) is 0.384. The molecule has 0 fully saturated rings. The van der Waals surface area contributed by atoms with Gasteiger partial charge in [0.05, 0.1) is 24.9 Å². The standard InChI is InChI=1S/C10H10F2N2O/c1-15-8-4-2-3-7(5-13)10(8)14-6-9(11)12/h2-4,9,14H,6H2,1H3. The van der Waals surface area contributed by atoms with Crippen molar-refractivity contribution < 1.29 is 13.5 Å². The molecule has 0 atom stereocenters. The number of nitriles is 1. The molecule has 1 aromatic carbocycles. The van der Waals surface area contributed by atoms with E-state index in [0.717, 1.165) is 0 Å². The second-order valence-electron chi connectivity index (χ2n) is 2.77. The van der Waals surface area contributed by atoms with Crippen LogP contribution in [0.25, 0.3) is 0 Å². The van der Waals surface area contributed by atoms with Crippen LogP contribution in [-0.2, 0) is 0 Å². The van der Waals surface area contributed by atoms with Gasteiger partial charge in [-0.15, -0.1) is 0 Å². The lowest BCUT2D eigenvalue weighted by atomic mass is 10.2. The summed E-state index contributed by atoms with van der Waals surface area (Å²) < 4.78 is 29.0. The molecule has 3 nitrogen and oxygen atoms in total. The Labute approximate surface area is 86.3 Å². The van der Waals surface area contributed by atoms with Gasteiger partial charge in [0.25, 0.3) is 6.43 Å². The zero-order chi connectivity index (χ0) is 11.3. The van der Waals surface area contributed by atoms with Crippen molar-refractivity contribution in [2.75, 3.05) is 19.0 Å². The number of methoxy groups -OCH3 is 1. The van der Waals surface area contributed by atoms with E-state index in [4.69, 9.17) is 10.00 Å². The van der Waals surface area contributed by atoms with Gasteiger partial charge in [-0.05, 0) is 12.1 Å². The van der Waals surface area contributed by atoms with E-state index >= 15 is 0 Å². The molecule has 0 aromatic heterocycles. The topological polar surface area (TPSA) is 45.0 Å². The summed E-state index contributed by atoms with van der Waals surface area (Å²) in [4.78, 5) is 0. The molecule has 80 valence electrons. The summed E-state index contributed by atoms with van der Waals surface area (Å²) in [6.07, 6.45) is -2.47. The Morgan fingerprint density at radius 1 is 1.53 bits per heavy atom. The Morgan fingerprint density at radius 2 is 2.27 bits per heavy atom. The van der Waals surface area contributed by atoms with Gasteiger partial charge in [-0.1, -0.05) is 6.07 Å². The fraction of sp³-hybridized carbons (Fsp3) is 0.300. The van der Waals surface area contributed by atoms with Crippen LogP contribution in [0.4, 0.5) is 14.5 Å². The zero-order valence-electron chi connectivity index (χ0n) is 8.13. The molecule has 0 bridgehead atoms. The SMILES string of the molecule is COc1cccc(C#N)c1NCC(F)F. The first kappa shape index (κ1) is 11.2.